The van der Waals surface area contributed by atoms with Crippen LogP contribution in [0.5, 0.6) is 5.75 Å². The maximum Gasteiger partial charge on any atom is 0.263 e. The van der Waals surface area contributed by atoms with Gasteiger partial charge in [-0.25, -0.2) is 8.42 Å². The number of hydrogen-bond donors (Lipinski definition) is 0. The third-order valence-electron chi connectivity index (χ3n) is 4.12. The summed E-state index contributed by atoms with van der Waals surface area (Å²) in [7, 11) is -3.80. The Balaban J connectivity index is 2.00. The molecule has 0 saturated carbocycles. The van der Waals surface area contributed by atoms with Gasteiger partial charge in [0, 0.05) is 11.6 Å². The number of aryl methyl sites for hydroxylation is 1. The van der Waals surface area contributed by atoms with Crippen molar-refractivity contribution < 1.29 is 17.9 Å². The predicted molar refractivity (Wildman–Crippen MR) is 115 cm³/mol. The molecule has 0 N–H and O–H groups in total. The van der Waals surface area contributed by atoms with Crippen molar-refractivity contribution in [2.45, 2.75) is 31.7 Å². The third kappa shape index (κ3) is 4.88. The highest BCUT2D eigenvalue weighted by Gasteiger charge is 2.20. The van der Waals surface area contributed by atoms with Crippen LogP contribution < -0.4 is 9.54 Å². The third-order valence-corrected chi connectivity index (χ3v) is 7.03. The van der Waals surface area contributed by atoms with Gasteiger partial charge in [0.25, 0.3) is 5.91 Å². The van der Waals surface area contributed by atoms with Crippen molar-refractivity contribution in [3.8, 4) is 5.75 Å². The average Bonchev–Trinajstić information content (AvgIpc) is 3.00. The molecule has 0 saturated heterocycles. The van der Waals surface area contributed by atoms with E-state index in [1.165, 1.54) is 35.6 Å². The van der Waals surface area contributed by atoms with E-state index in [1.807, 2.05) is 36.6 Å². The van der Waals surface area contributed by atoms with Crippen LogP contribution in [0.4, 0.5) is 0 Å². The fourth-order valence-corrected chi connectivity index (χ4v) is 5.24. The Bertz CT molecular complexity index is 1200. The number of carbonyl (C=O) groups is 1. The molecule has 1 amide bonds. The van der Waals surface area contributed by atoms with Crippen LogP contribution in [0.25, 0.3) is 10.2 Å². The molecule has 0 atom stereocenters. The molecule has 9 heteroatoms. The number of halogens is 1. The lowest BCUT2D eigenvalue weighted by Crippen LogP contribution is -2.21. The Morgan fingerprint density at radius 1 is 1.17 bits per heavy atom. The van der Waals surface area contributed by atoms with Crippen LogP contribution in [0.2, 0.25) is 5.02 Å². The van der Waals surface area contributed by atoms with Gasteiger partial charge in [0.2, 0.25) is 0 Å². The largest absolute Gasteiger partial charge is 0.492 e. The van der Waals surface area contributed by atoms with Gasteiger partial charge in [-0.1, -0.05) is 35.9 Å². The van der Waals surface area contributed by atoms with Crippen LogP contribution >= 0.6 is 22.9 Å². The van der Waals surface area contributed by atoms with E-state index in [4.69, 9.17) is 16.3 Å². The van der Waals surface area contributed by atoms with E-state index in [1.54, 1.807) is 0 Å². The van der Waals surface area contributed by atoms with E-state index in [2.05, 4.69) is 4.99 Å². The maximum absolute atomic E-state index is 12.5. The highest BCUT2D eigenvalue weighted by atomic mass is 35.5. The number of fused-ring (bicyclic) bond motifs is 1. The molecule has 29 heavy (non-hydrogen) atoms. The Morgan fingerprint density at radius 3 is 2.55 bits per heavy atom. The lowest BCUT2D eigenvalue weighted by atomic mass is 10.3. The van der Waals surface area contributed by atoms with Crippen molar-refractivity contribution in [3.05, 3.63) is 52.3 Å². The second-order valence-electron chi connectivity index (χ2n) is 6.29. The van der Waals surface area contributed by atoms with Gasteiger partial charge in [-0.2, -0.15) is 4.99 Å². The van der Waals surface area contributed by atoms with Crippen LogP contribution in [0, 0.1) is 0 Å². The Kier molecular flexibility index (Phi) is 6.77. The molecule has 0 fully saturated rings. The first-order valence-corrected chi connectivity index (χ1v) is 12.0. The quantitative estimate of drug-likeness (QED) is 0.541. The minimum Gasteiger partial charge on any atom is -0.492 e. The van der Waals surface area contributed by atoms with Crippen molar-refractivity contribution in [1.82, 2.24) is 4.57 Å². The first-order valence-electron chi connectivity index (χ1n) is 9.16. The summed E-state index contributed by atoms with van der Waals surface area (Å²) in [5, 5.41) is 0.427. The number of carbonyl (C=O) groups excluding carboxylic acids is 1. The SMILES string of the molecule is CCCn1c(=NC(=O)CS(=O)(=O)c2ccc(Cl)cc2)sc2cccc(OCC)c21. The number of hydrogen-bond acceptors (Lipinski definition) is 5. The molecule has 2 aromatic carbocycles. The molecule has 1 aromatic heterocycles. The van der Waals surface area contributed by atoms with Gasteiger partial charge in [-0.05, 0) is 49.7 Å². The van der Waals surface area contributed by atoms with Crippen molar-refractivity contribution in [2.75, 3.05) is 12.4 Å². The summed E-state index contributed by atoms with van der Waals surface area (Å²) < 4.78 is 33.6. The monoisotopic (exact) mass is 452 g/mol. The second-order valence-corrected chi connectivity index (χ2v) is 9.73. The van der Waals surface area contributed by atoms with E-state index in [-0.39, 0.29) is 4.90 Å². The van der Waals surface area contributed by atoms with Gasteiger partial charge in [-0.15, -0.1) is 0 Å². The van der Waals surface area contributed by atoms with E-state index in [9.17, 15) is 13.2 Å². The van der Waals surface area contributed by atoms with Crippen LogP contribution in [-0.4, -0.2) is 31.3 Å². The molecule has 3 rings (SSSR count). The first-order chi connectivity index (χ1) is 13.9. The minimum atomic E-state index is -3.80. The highest BCUT2D eigenvalue weighted by molar-refractivity contribution is 7.92. The molecule has 154 valence electrons. The number of thiazole rings is 1. The molecule has 0 aliphatic heterocycles. The summed E-state index contributed by atoms with van der Waals surface area (Å²) in [5.74, 6) is -0.695. The van der Waals surface area contributed by atoms with Gasteiger partial charge in [0.15, 0.2) is 14.6 Å². The van der Waals surface area contributed by atoms with Gasteiger partial charge >= 0.3 is 0 Å². The van der Waals surface area contributed by atoms with Gasteiger partial charge in [0.1, 0.15) is 17.0 Å². The molecule has 0 aliphatic rings. The van der Waals surface area contributed by atoms with Crippen molar-refractivity contribution in [3.63, 3.8) is 0 Å². The van der Waals surface area contributed by atoms with Gasteiger partial charge < -0.3 is 9.30 Å². The van der Waals surface area contributed by atoms with Crippen molar-refractivity contribution in [2.24, 2.45) is 4.99 Å². The summed E-state index contributed by atoms with van der Waals surface area (Å²) in [6, 6.07) is 11.4. The second kappa shape index (κ2) is 9.11. The average molecular weight is 453 g/mol. The molecule has 1 heterocycles. The van der Waals surface area contributed by atoms with Crippen LogP contribution in [0.3, 0.4) is 0 Å². The summed E-state index contributed by atoms with van der Waals surface area (Å²) >= 11 is 7.14. The van der Waals surface area contributed by atoms with Crippen molar-refractivity contribution >= 4 is 48.9 Å². The summed E-state index contributed by atoms with van der Waals surface area (Å²) in [5.41, 5.74) is 0.869. The zero-order valence-corrected chi connectivity index (χ0v) is 18.5. The Hall–Kier alpha value is -2.16. The Morgan fingerprint density at radius 2 is 1.90 bits per heavy atom. The molecule has 0 unspecified atom stereocenters. The zero-order chi connectivity index (χ0) is 21.0. The number of rotatable bonds is 7. The summed E-state index contributed by atoms with van der Waals surface area (Å²) in [6.45, 7) is 5.09. The van der Waals surface area contributed by atoms with Crippen molar-refractivity contribution in [1.29, 1.82) is 0 Å². The molecule has 6 nitrogen and oxygen atoms in total. The summed E-state index contributed by atoms with van der Waals surface area (Å²) in [6.07, 6.45) is 0.830. The highest BCUT2D eigenvalue weighted by Crippen LogP contribution is 2.28. The lowest BCUT2D eigenvalue weighted by Gasteiger charge is -2.08. The number of sulfone groups is 1. The minimum absolute atomic E-state index is 0.0434. The lowest BCUT2D eigenvalue weighted by molar-refractivity contribution is -0.115. The molecular weight excluding hydrogens is 432 g/mol. The zero-order valence-electron chi connectivity index (χ0n) is 16.1. The van der Waals surface area contributed by atoms with Crippen LogP contribution in [0.1, 0.15) is 20.3 Å². The number of ether oxygens (including phenoxy) is 1. The molecule has 0 spiro atoms. The number of para-hydroxylation sites is 1. The van der Waals surface area contributed by atoms with Gasteiger partial charge in [0.05, 0.1) is 16.2 Å². The number of nitrogens with zero attached hydrogens (tertiary/aromatic N) is 2. The Labute approximate surface area is 178 Å². The number of aromatic nitrogens is 1. The number of benzene rings is 2. The van der Waals surface area contributed by atoms with E-state index >= 15 is 0 Å². The summed E-state index contributed by atoms with van der Waals surface area (Å²) in [4.78, 5) is 17.1. The first kappa shape index (κ1) is 21.5. The molecule has 0 aliphatic carbocycles. The standard InChI is InChI=1S/C20H21ClN2O4S2/c1-3-12-23-19-16(27-4-2)6-5-7-17(19)28-20(23)22-18(24)13-29(25,26)15-10-8-14(21)9-11-15/h5-11H,3-4,12-13H2,1-2H3. The van der Waals surface area contributed by atoms with Crippen LogP contribution in [0.15, 0.2) is 52.4 Å². The molecule has 3 aromatic rings. The van der Waals surface area contributed by atoms with E-state index in [0.29, 0.717) is 23.0 Å². The molecule has 0 bridgehead atoms. The van der Waals surface area contributed by atoms with Gasteiger partial charge in [-0.3, -0.25) is 4.79 Å². The fourth-order valence-electron chi connectivity index (χ4n) is 2.91. The normalized spacial score (nSPS) is 12.4. The fraction of sp³-hybridized carbons (Fsp3) is 0.300. The van der Waals surface area contributed by atoms with E-state index < -0.39 is 21.5 Å². The van der Waals surface area contributed by atoms with E-state index in [0.717, 1.165) is 22.4 Å². The topological polar surface area (TPSA) is 77.7 Å². The number of amides is 1. The maximum atomic E-state index is 12.5. The predicted octanol–water partition coefficient (Wildman–Crippen LogP) is 4.07. The van der Waals surface area contributed by atoms with Crippen LogP contribution in [-0.2, 0) is 21.2 Å². The smallest absolute Gasteiger partial charge is 0.263 e. The molecular formula is C20H21ClN2O4S2. The molecule has 0 radical (unpaired) electrons.